The van der Waals surface area contributed by atoms with Gasteiger partial charge in [-0.05, 0) is 41.8 Å². The van der Waals surface area contributed by atoms with E-state index in [0.29, 0.717) is 29.6 Å². The van der Waals surface area contributed by atoms with Gasteiger partial charge in [0.05, 0.1) is 6.61 Å². The highest BCUT2D eigenvalue weighted by atomic mass is 16.5. The molecule has 3 aromatic carbocycles. The smallest absolute Gasteiger partial charge is 0.276 e. The molecule has 0 radical (unpaired) electrons. The third-order valence-electron chi connectivity index (χ3n) is 4.35. The zero-order valence-electron chi connectivity index (χ0n) is 17.6. The first-order chi connectivity index (χ1) is 15.0. The van der Waals surface area contributed by atoms with E-state index in [-0.39, 0.29) is 6.61 Å². The normalized spacial score (nSPS) is 10.4. The van der Waals surface area contributed by atoms with Crippen molar-refractivity contribution in [2.45, 2.75) is 13.8 Å². The summed E-state index contributed by atoms with van der Waals surface area (Å²) in [7, 11) is 0. The number of benzene rings is 3. The number of hydrogen-bond acceptors (Lipinski definition) is 4. The maximum Gasteiger partial charge on any atom is 0.276 e. The SMILES string of the molecule is CC(C)COc1ccc(C(=O)NNC(=O)COc2ccccc2-c2ccccc2)cc1. The van der Waals surface area contributed by atoms with Crippen molar-refractivity contribution >= 4 is 11.8 Å². The molecule has 0 aliphatic carbocycles. The number of hydrazine groups is 1. The van der Waals surface area contributed by atoms with E-state index in [2.05, 4.69) is 24.7 Å². The minimum Gasteiger partial charge on any atom is -0.493 e. The maximum absolute atomic E-state index is 12.2. The molecule has 0 bridgehead atoms. The van der Waals surface area contributed by atoms with Crippen molar-refractivity contribution in [3.8, 4) is 22.6 Å². The summed E-state index contributed by atoms with van der Waals surface area (Å²) < 4.78 is 11.3. The van der Waals surface area contributed by atoms with Crippen molar-refractivity contribution < 1.29 is 19.1 Å². The molecule has 0 aliphatic rings. The maximum atomic E-state index is 12.2. The standard InChI is InChI=1S/C25H26N2O4/c1-18(2)16-30-21-14-12-20(13-15-21)25(29)27-26-24(28)17-31-23-11-7-6-10-22(23)19-8-4-3-5-9-19/h3-15,18H,16-17H2,1-2H3,(H,26,28)(H,27,29). The molecular formula is C25H26N2O4. The molecule has 0 aliphatic heterocycles. The van der Waals surface area contributed by atoms with Gasteiger partial charge >= 0.3 is 0 Å². The molecule has 160 valence electrons. The summed E-state index contributed by atoms with van der Waals surface area (Å²) in [6.45, 7) is 4.50. The van der Waals surface area contributed by atoms with Gasteiger partial charge in [-0.3, -0.25) is 20.4 Å². The van der Waals surface area contributed by atoms with Crippen LogP contribution < -0.4 is 20.3 Å². The minimum atomic E-state index is -0.465. The van der Waals surface area contributed by atoms with Crippen molar-refractivity contribution in [3.63, 3.8) is 0 Å². The number of hydrogen-bond donors (Lipinski definition) is 2. The Morgan fingerprint density at radius 1 is 0.806 bits per heavy atom. The van der Waals surface area contributed by atoms with Crippen LogP contribution in [-0.4, -0.2) is 25.0 Å². The second-order valence-electron chi connectivity index (χ2n) is 7.38. The molecule has 0 heterocycles. The first kappa shape index (κ1) is 21.9. The number of nitrogens with one attached hydrogen (secondary N) is 2. The highest BCUT2D eigenvalue weighted by molar-refractivity contribution is 5.95. The highest BCUT2D eigenvalue weighted by Crippen LogP contribution is 2.29. The van der Waals surface area contributed by atoms with Crippen LogP contribution in [0.5, 0.6) is 11.5 Å². The zero-order chi connectivity index (χ0) is 22.1. The van der Waals surface area contributed by atoms with Gasteiger partial charge in [-0.2, -0.15) is 0 Å². The summed E-state index contributed by atoms with van der Waals surface area (Å²) in [6.07, 6.45) is 0. The molecule has 2 amide bonds. The van der Waals surface area contributed by atoms with Crippen molar-refractivity contribution in [1.82, 2.24) is 10.9 Å². The van der Waals surface area contributed by atoms with Crippen molar-refractivity contribution in [1.29, 1.82) is 0 Å². The Morgan fingerprint density at radius 3 is 2.19 bits per heavy atom. The summed E-state index contributed by atoms with van der Waals surface area (Å²) in [5, 5.41) is 0. The number of amides is 2. The van der Waals surface area contributed by atoms with Crippen LogP contribution in [0.3, 0.4) is 0 Å². The van der Waals surface area contributed by atoms with Crippen molar-refractivity contribution in [3.05, 3.63) is 84.4 Å². The Hall–Kier alpha value is -3.80. The first-order valence-electron chi connectivity index (χ1n) is 10.1. The van der Waals surface area contributed by atoms with Crippen LogP contribution >= 0.6 is 0 Å². The number of carbonyl (C=O) groups excluding carboxylic acids is 2. The fourth-order valence-corrected chi connectivity index (χ4v) is 2.79. The van der Waals surface area contributed by atoms with Crippen LogP contribution in [-0.2, 0) is 4.79 Å². The average Bonchev–Trinajstić information content (AvgIpc) is 2.81. The third kappa shape index (κ3) is 6.60. The van der Waals surface area contributed by atoms with Crippen LogP contribution in [0.15, 0.2) is 78.9 Å². The molecule has 0 spiro atoms. The average molecular weight is 418 g/mol. The molecule has 3 rings (SSSR count). The number of para-hydroxylation sites is 1. The van der Waals surface area contributed by atoms with E-state index >= 15 is 0 Å². The predicted octanol–water partition coefficient (Wildman–Crippen LogP) is 4.23. The lowest BCUT2D eigenvalue weighted by Crippen LogP contribution is -2.43. The lowest BCUT2D eigenvalue weighted by molar-refractivity contribution is -0.123. The molecule has 0 saturated heterocycles. The Balaban J connectivity index is 1.49. The van der Waals surface area contributed by atoms with Gasteiger partial charge in [-0.25, -0.2) is 0 Å². The number of rotatable bonds is 8. The van der Waals surface area contributed by atoms with E-state index in [1.54, 1.807) is 30.3 Å². The van der Waals surface area contributed by atoms with Crippen molar-refractivity contribution in [2.24, 2.45) is 5.92 Å². The summed E-state index contributed by atoms with van der Waals surface area (Å²) in [4.78, 5) is 24.4. The monoisotopic (exact) mass is 418 g/mol. The van der Waals surface area contributed by atoms with Crippen molar-refractivity contribution in [2.75, 3.05) is 13.2 Å². The van der Waals surface area contributed by atoms with Crippen LogP contribution in [0, 0.1) is 5.92 Å². The molecule has 31 heavy (non-hydrogen) atoms. The molecule has 0 atom stereocenters. The van der Waals surface area contributed by atoms with Gasteiger partial charge in [0.25, 0.3) is 11.8 Å². The van der Waals surface area contributed by atoms with E-state index < -0.39 is 11.8 Å². The first-order valence-corrected chi connectivity index (χ1v) is 10.1. The second kappa shape index (κ2) is 10.8. The third-order valence-corrected chi connectivity index (χ3v) is 4.35. The molecule has 6 heteroatoms. The molecule has 0 aromatic heterocycles. The Kier molecular flexibility index (Phi) is 7.65. The molecule has 2 N–H and O–H groups in total. The van der Waals surface area contributed by atoms with E-state index in [9.17, 15) is 9.59 Å². The highest BCUT2D eigenvalue weighted by Gasteiger charge is 2.10. The molecule has 0 saturated carbocycles. The Morgan fingerprint density at radius 2 is 1.48 bits per heavy atom. The van der Waals surface area contributed by atoms with E-state index in [1.165, 1.54) is 0 Å². The quantitative estimate of drug-likeness (QED) is 0.537. The molecule has 6 nitrogen and oxygen atoms in total. The lowest BCUT2D eigenvalue weighted by atomic mass is 10.1. The van der Waals surface area contributed by atoms with Gasteiger partial charge in [-0.15, -0.1) is 0 Å². The fraction of sp³-hybridized carbons (Fsp3) is 0.200. The van der Waals surface area contributed by atoms with Crippen LogP contribution in [0.2, 0.25) is 0 Å². The van der Waals surface area contributed by atoms with E-state index in [1.807, 2.05) is 48.5 Å². The van der Waals surface area contributed by atoms with Gasteiger partial charge in [0.2, 0.25) is 0 Å². The lowest BCUT2D eigenvalue weighted by Gasteiger charge is -2.12. The predicted molar refractivity (Wildman–Crippen MR) is 120 cm³/mol. The fourth-order valence-electron chi connectivity index (χ4n) is 2.79. The van der Waals surface area contributed by atoms with Gasteiger partial charge in [0.1, 0.15) is 11.5 Å². The second-order valence-corrected chi connectivity index (χ2v) is 7.38. The van der Waals surface area contributed by atoms with E-state index in [0.717, 1.165) is 11.1 Å². The Labute approximate surface area is 182 Å². The summed E-state index contributed by atoms with van der Waals surface area (Å²) in [5.74, 6) is 0.813. The molecule has 3 aromatic rings. The molecular weight excluding hydrogens is 392 g/mol. The van der Waals surface area contributed by atoms with Gasteiger partial charge in [0.15, 0.2) is 6.61 Å². The van der Waals surface area contributed by atoms with Gasteiger partial charge < -0.3 is 9.47 Å². The summed E-state index contributed by atoms with van der Waals surface area (Å²) >= 11 is 0. The number of carbonyl (C=O) groups is 2. The molecule has 0 fully saturated rings. The van der Waals surface area contributed by atoms with Crippen LogP contribution in [0.4, 0.5) is 0 Å². The van der Waals surface area contributed by atoms with Gasteiger partial charge in [-0.1, -0.05) is 62.4 Å². The Bertz CT molecular complexity index is 1000. The largest absolute Gasteiger partial charge is 0.493 e. The summed E-state index contributed by atoms with van der Waals surface area (Å²) in [5.41, 5.74) is 7.05. The zero-order valence-corrected chi connectivity index (χ0v) is 17.6. The molecule has 0 unspecified atom stereocenters. The summed E-state index contributed by atoms with van der Waals surface area (Å²) in [6, 6.07) is 24.0. The number of ether oxygens (including phenoxy) is 2. The minimum absolute atomic E-state index is 0.230. The van der Waals surface area contributed by atoms with Crippen LogP contribution in [0.25, 0.3) is 11.1 Å². The van der Waals surface area contributed by atoms with Gasteiger partial charge in [0, 0.05) is 11.1 Å². The topological polar surface area (TPSA) is 76.7 Å². The van der Waals surface area contributed by atoms with E-state index in [4.69, 9.17) is 9.47 Å². The van der Waals surface area contributed by atoms with Crippen LogP contribution in [0.1, 0.15) is 24.2 Å².